The van der Waals surface area contributed by atoms with Crippen LogP contribution >= 0.6 is 0 Å². The molecular weight excluding hydrogens is 152 g/mol. The Hall–Kier alpha value is -0.570. The van der Waals surface area contributed by atoms with E-state index in [1.165, 1.54) is 0 Å². The second-order valence-corrected chi connectivity index (χ2v) is 3.88. The van der Waals surface area contributed by atoms with E-state index in [4.69, 9.17) is 0 Å². The summed E-state index contributed by atoms with van der Waals surface area (Å²) in [4.78, 5) is 13.6. The molecule has 0 radical (unpaired) electrons. The van der Waals surface area contributed by atoms with Crippen molar-refractivity contribution in [1.82, 2.24) is 10.2 Å². The lowest BCUT2D eigenvalue weighted by Crippen LogP contribution is -2.59. The highest BCUT2D eigenvalue weighted by atomic mass is 16.2. The van der Waals surface area contributed by atoms with E-state index in [0.29, 0.717) is 6.04 Å². The van der Waals surface area contributed by atoms with Crippen molar-refractivity contribution in [2.75, 3.05) is 6.54 Å². The second-order valence-electron chi connectivity index (χ2n) is 3.88. The van der Waals surface area contributed by atoms with Crippen LogP contribution in [-0.4, -0.2) is 35.5 Å². The van der Waals surface area contributed by atoms with Crippen molar-refractivity contribution in [2.24, 2.45) is 0 Å². The molecule has 0 bridgehead atoms. The molecule has 0 aliphatic carbocycles. The molecule has 1 heterocycles. The topological polar surface area (TPSA) is 32.3 Å². The van der Waals surface area contributed by atoms with Gasteiger partial charge in [-0.1, -0.05) is 0 Å². The highest BCUT2D eigenvalue weighted by Gasteiger charge is 2.30. The summed E-state index contributed by atoms with van der Waals surface area (Å²) < 4.78 is 0. The van der Waals surface area contributed by atoms with Gasteiger partial charge in [0.2, 0.25) is 5.91 Å². The van der Waals surface area contributed by atoms with Crippen molar-refractivity contribution in [1.29, 1.82) is 0 Å². The van der Waals surface area contributed by atoms with Crippen LogP contribution < -0.4 is 5.32 Å². The Balaban J connectivity index is 2.66. The van der Waals surface area contributed by atoms with Crippen molar-refractivity contribution < 1.29 is 4.79 Å². The number of hydrogen-bond donors (Lipinski definition) is 1. The summed E-state index contributed by atoms with van der Waals surface area (Å²) in [7, 11) is 0. The Morgan fingerprint density at radius 3 is 2.58 bits per heavy atom. The van der Waals surface area contributed by atoms with Crippen molar-refractivity contribution in [3.8, 4) is 0 Å². The third-order valence-corrected chi connectivity index (χ3v) is 2.41. The Kier molecular flexibility index (Phi) is 2.73. The molecule has 3 heteroatoms. The summed E-state index contributed by atoms with van der Waals surface area (Å²) in [6, 6.07) is 0.769. The molecule has 0 spiro atoms. The van der Waals surface area contributed by atoms with Crippen LogP contribution in [0, 0.1) is 0 Å². The zero-order valence-corrected chi connectivity index (χ0v) is 8.29. The lowest BCUT2D eigenvalue weighted by Gasteiger charge is -2.39. The molecule has 1 aliphatic heterocycles. The SMILES string of the molecule is CC(C)N1C[C@H](C)NC(=O)[C@@H]1C. The number of nitrogens with one attached hydrogen (secondary N) is 1. The Labute approximate surface area is 74.1 Å². The molecule has 70 valence electrons. The number of carbonyl (C=O) groups excluding carboxylic acids is 1. The maximum absolute atomic E-state index is 11.4. The summed E-state index contributed by atoms with van der Waals surface area (Å²) >= 11 is 0. The first-order valence-corrected chi connectivity index (χ1v) is 4.58. The molecule has 0 aromatic carbocycles. The van der Waals surface area contributed by atoms with Crippen LogP contribution in [0.3, 0.4) is 0 Å². The highest BCUT2D eigenvalue weighted by Crippen LogP contribution is 2.11. The van der Waals surface area contributed by atoms with Gasteiger partial charge in [-0.15, -0.1) is 0 Å². The number of rotatable bonds is 1. The van der Waals surface area contributed by atoms with Gasteiger partial charge in [-0.05, 0) is 27.7 Å². The summed E-state index contributed by atoms with van der Waals surface area (Å²) in [5.41, 5.74) is 0. The van der Waals surface area contributed by atoms with Gasteiger partial charge in [0.1, 0.15) is 0 Å². The standard InChI is InChI=1S/C9H18N2O/c1-6(2)11-5-7(3)10-9(12)8(11)4/h6-8H,5H2,1-4H3,(H,10,12)/t7-,8-/m0/s1. The van der Waals surface area contributed by atoms with Crippen LogP contribution in [0.4, 0.5) is 0 Å². The summed E-state index contributed by atoms with van der Waals surface area (Å²) in [5.74, 6) is 0.155. The second kappa shape index (κ2) is 3.44. The lowest BCUT2D eigenvalue weighted by molar-refractivity contribution is -0.130. The molecule has 0 saturated carbocycles. The maximum Gasteiger partial charge on any atom is 0.237 e. The fourth-order valence-electron chi connectivity index (χ4n) is 1.69. The van der Waals surface area contributed by atoms with E-state index in [1.54, 1.807) is 0 Å². The van der Waals surface area contributed by atoms with Crippen LogP contribution in [0.15, 0.2) is 0 Å². The van der Waals surface area contributed by atoms with E-state index in [1.807, 2.05) is 13.8 Å². The minimum atomic E-state index is 0.0289. The molecule has 1 amide bonds. The minimum absolute atomic E-state index is 0.0289. The van der Waals surface area contributed by atoms with Crippen LogP contribution in [0.5, 0.6) is 0 Å². The van der Waals surface area contributed by atoms with E-state index in [9.17, 15) is 4.79 Å². The van der Waals surface area contributed by atoms with Gasteiger partial charge in [-0.25, -0.2) is 0 Å². The van der Waals surface area contributed by atoms with E-state index in [-0.39, 0.29) is 18.0 Å². The number of hydrogen-bond acceptors (Lipinski definition) is 2. The molecule has 0 unspecified atom stereocenters. The van der Waals surface area contributed by atoms with Crippen LogP contribution in [0.25, 0.3) is 0 Å². The predicted molar refractivity (Wildman–Crippen MR) is 48.9 cm³/mol. The van der Waals surface area contributed by atoms with Gasteiger partial charge in [-0.2, -0.15) is 0 Å². The molecule has 0 aromatic rings. The zero-order valence-electron chi connectivity index (χ0n) is 8.29. The maximum atomic E-state index is 11.4. The lowest BCUT2D eigenvalue weighted by atomic mass is 10.1. The normalized spacial score (nSPS) is 32.2. The first kappa shape index (κ1) is 9.52. The van der Waals surface area contributed by atoms with Gasteiger partial charge in [0, 0.05) is 18.6 Å². The number of nitrogens with zero attached hydrogens (tertiary/aromatic N) is 1. The van der Waals surface area contributed by atoms with Gasteiger partial charge < -0.3 is 5.32 Å². The van der Waals surface area contributed by atoms with Gasteiger partial charge >= 0.3 is 0 Å². The van der Waals surface area contributed by atoms with E-state index >= 15 is 0 Å². The number of amides is 1. The molecule has 12 heavy (non-hydrogen) atoms. The summed E-state index contributed by atoms with van der Waals surface area (Å²) in [6.45, 7) is 9.22. The Morgan fingerprint density at radius 1 is 1.50 bits per heavy atom. The molecular formula is C9H18N2O. The van der Waals surface area contributed by atoms with E-state index < -0.39 is 0 Å². The Morgan fingerprint density at radius 2 is 2.08 bits per heavy atom. The van der Waals surface area contributed by atoms with Crippen LogP contribution in [0.1, 0.15) is 27.7 Å². The van der Waals surface area contributed by atoms with Crippen LogP contribution in [0.2, 0.25) is 0 Å². The van der Waals surface area contributed by atoms with Gasteiger partial charge in [0.15, 0.2) is 0 Å². The number of piperazine rings is 1. The average Bonchev–Trinajstić information content (AvgIpc) is 1.96. The molecule has 1 saturated heterocycles. The van der Waals surface area contributed by atoms with Crippen LogP contribution in [-0.2, 0) is 4.79 Å². The zero-order chi connectivity index (χ0) is 9.30. The smallest absolute Gasteiger partial charge is 0.237 e. The monoisotopic (exact) mass is 170 g/mol. The first-order valence-electron chi connectivity index (χ1n) is 4.58. The van der Waals surface area contributed by atoms with Crippen molar-refractivity contribution in [3.63, 3.8) is 0 Å². The summed E-state index contributed by atoms with van der Waals surface area (Å²) in [5, 5.41) is 2.93. The van der Waals surface area contributed by atoms with Crippen molar-refractivity contribution in [2.45, 2.75) is 45.8 Å². The quantitative estimate of drug-likeness (QED) is 0.625. The number of carbonyl (C=O) groups is 1. The van der Waals surface area contributed by atoms with Gasteiger partial charge in [0.05, 0.1) is 6.04 Å². The third-order valence-electron chi connectivity index (χ3n) is 2.41. The molecule has 1 rings (SSSR count). The summed E-state index contributed by atoms with van der Waals surface area (Å²) in [6.07, 6.45) is 0. The van der Waals surface area contributed by atoms with Gasteiger partial charge in [-0.3, -0.25) is 9.69 Å². The largest absolute Gasteiger partial charge is 0.351 e. The fourth-order valence-corrected chi connectivity index (χ4v) is 1.69. The molecule has 2 atom stereocenters. The third kappa shape index (κ3) is 1.78. The van der Waals surface area contributed by atoms with Gasteiger partial charge in [0.25, 0.3) is 0 Å². The highest BCUT2D eigenvalue weighted by molar-refractivity contribution is 5.82. The van der Waals surface area contributed by atoms with E-state index in [2.05, 4.69) is 24.1 Å². The first-order chi connectivity index (χ1) is 5.52. The molecule has 1 aliphatic rings. The minimum Gasteiger partial charge on any atom is -0.351 e. The fraction of sp³-hybridized carbons (Fsp3) is 0.889. The van der Waals surface area contributed by atoms with Crippen molar-refractivity contribution >= 4 is 5.91 Å². The molecule has 1 N–H and O–H groups in total. The average molecular weight is 170 g/mol. The van der Waals surface area contributed by atoms with E-state index in [0.717, 1.165) is 6.54 Å². The Bertz CT molecular complexity index is 179. The van der Waals surface area contributed by atoms with Crippen molar-refractivity contribution in [3.05, 3.63) is 0 Å². The molecule has 1 fully saturated rings. The predicted octanol–water partition coefficient (Wildman–Crippen LogP) is 0.604. The molecule has 0 aromatic heterocycles. The molecule has 3 nitrogen and oxygen atoms in total.